The molecule has 2 aromatic rings. The molecule has 27 heavy (non-hydrogen) atoms. The van der Waals surface area contributed by atoms with Crippen LogP contribution in [0.15, 0.2) is 46.4 Å². The van der Waals surface area contributed by atoms with Gasteiger partial charge in [0.1, 0.15) is 23.1 Å². The number of methoxy groups -OCH3 is 2. The summed E-state index contributed by atoms with van der Waals surface area (Å²) in [5.74, 6) is -0.0312. The minimum absolute atomic E-state index is 0.0825. The molecular weight excluding hydrogens is 418 g/mol. The molecule has 9 heteroatoms. The van der Waals surface area contributed by atoms with Crippen molar-refractivity contribution in [3.8, 4) is 17.6 Å². The second kappa shape index (κ2) is 8.82. The van der Waals surface area contributed by atoms with Gasteiger partial charge in [0.15, 0.2) is 0 Å². The summed E-state index contributed by atoms with van der Waals surface area (Å²) >= 11 is 3.32. The Hall–Kier alpha value is -3.38. The molecule has 0 atom stereocenters. The molecule has 0 aromatic heterocycles. The number of halogens is 1. The Kier molecular flexibility index (Phi) is 6.51. The van der Waals surface area contributed by atoms with Crippen molar-refractivity contribution in [3.63, 3.8) is 0 Å². The number of nitrogens with one attached hydrogen (secondary N) is 1. The number of anilines is 1. The predicted molar refractivity (Wildman–Crippen MR) is 103 cm³/mol. The molecule has 0 fully saturated rings. The van der Waals surface area contributed by atoms with Crippen molar-refractivity contribution in [1.82, 2.24) is 0 Å². The van der Waals surface area contributed by atoms with E-state index in [1.807, 2.05) is 6.07 Å². The smallest absolute Gasteiger partial charge is 0.271 e. The van der Waals surface area contributed by atoms with Crippen LogP contribution in [0.25, 0.3) is 6.08 Å². The van der Waals surface area contributed by atoms with Crippen molar-refractivity contribution >= 4 is 39.3 Å². The summed E-state index contributed by atoms with van der Waals surface area (Å²) in [6, 6.07) is 10.7. The van der Waals surface area contributed by atoms with Crippen LogP contribution in [0.3, 0.4) is 0 Å². The lowest BCUT2D eigenvalue weighted by molar-refractivity contribution is -0.384. The van der Waals surface area contributed by atoms with Gasteiger partial charge in [0, 0.05) is 22.2 Å². The van der Waals surface area contributed by atoms with Crippen LogP contribution in [0.5, 0.6) is 11.5 Å². The minimum Gasteiger partial charge on any atom is -0.496 e. The van der Waals surface area contributed by atoms with E-state index >= 15 is 0 Å². The Labute approximate surface area is 163 Å². The van der Waals surface area contributed by atoms with Gasteiger partial charge in [0.05, 0.1) is 24.8 Å². The number of benzene rings is 2. The lowest BCUT2D eigenvalue weighted by atomic mass is 10.1. The average molecular weight is 432 g/mol. The number of amides is 1. The zero-order valence-electron chi connectivity index (χ0n) is 14.4. The number of non-ortho nitro benzene ring substituents is 1. The van der Waals surface area contributed by atoms with Crippen LogP contribution in [0.1, 0.15) is 5.56 Å². The molecule has 8 nitrogen and oxygen atoms in total. The Morgan fingerprint density at radius 3 is 2.48 bits per heavy atom. The first kappa shape index (κ1) is 19.9. The highest BCUT2D eigenvalue weighted by Crippen LogP contribution is 2.30. The highest BCUT2D eigenvalue weighted by Gasteiger charge is 2.17. The molecule has 0 aliphatic carbocycles. The quantitative estimate of drug-likeness (QED) is 0.320. The second-order valence-electron chi connectivity index (χ2n) is 5.15. The fourth-order valence-electron chi connectivity index (χ4n) is 2.22. The second-order valence-corrected chi connectivity index (χ2v) is 6.07. The van der Waals surface area contributed by atoms with E-state index in [-0.39, 0.29) is 22.7 Å². The summed E-state index contributed by atoms with van der Waals surface area (Å²) in [6.45, 7) is 0. The first-order chi connectivity index (χ1) is 12.9. The lowest BCUT2D eigenvalue weighted by Gasteiger charge is -2.10. The normalized spacial score (nSPS) is 10.7. The number of hydrogen-bond donors (Lipinski definition) is 1. The van der Waals surface area contributed by atoms with Crippen molar-refractivity contribution < 1.29 is 19.2 Å². The molecule has 1 amide bonds. The first-order valence-corrected chi connectivity index (χ1v) is 8.28. The van der Waals surface area contributed by atoms with E-state index in [0.29, 0.717) is 11.3 Å². The molecule has 1 N–H and O–H groups in total. The third-order valence-corrected chi connectivity index (χ3v) is 3.99. The maximum absolute atomic E-state index is 12.5. The van der Waals surface area contributed by atoms with Gasteiger partial charge in [-0.2, -0.15) is 5.26 Å². The van der Waals surface area contributed by atoms with E-state index in [0.717, 1.165) is 10.5 Å². The summed E-state index contributed by atoms with van der Waals surface area (Å²) in [5, 5.41) is 22.8. The molecule has 0 heterocycles. The standard InChI is InChI=1S/C18H14BrN3O5/c1-26-16-5-3-13(19)8-11(16)7-12(10-20)18(23)21-15-9-14(22(24)25)4-6-17(15)27-2/h3-9H,1-2H3,(H,21,23)/b12-7+. The Balaban J connectivity index is 2.39. The summed E-state index contributed by atoms with van der Waals surface area (Å²) in [4.78, 5) is 22.8. The fraction of sp³-hybridized carbons (Fsp3) is 0.111. The van der Waals surface area contributed by atoms with Gasteiger partial charge in [0.25, 0.3) is 11.6 Å². The molecule has 138 valence electrons. The van der Waals surface area contributed by atoms with Crippen LogP contribution < -0.4 is 14.8 Å². The van der Waals surface area contributed by atoms with E-state index < -0.39 is 10.8 Å². The van der Waals surface area contributed by atoms with Crippen LogP contribution >= 0.6 is 15.9 Å². The molecule has 0 spiro atoms. The van der Waals surface area contributed by atoms with E-state index in [2.05, 4.69) is 21.2 Å². The fourth-order valence-corrected chi connectivity index (χ4v) is 2.60. The maximum Gasteiger partial charge on any atom is 0.271 e. The molecule has 0 aliphatic rings. The molecule has 2 rings (SSSR count). The topological polar surface area (TPSA) is 114 Å². The highest BCUT2D eigenvalue weighted by atomic mass is 79.9. The highest BCUT2D eigenvalue weighted by molar-refractivity contribution is 9.10. The average Bonchev–Trinajstić information content (AvgIpc) is 2.65. The maximum atomic E-state index is 12.5. The molecule has 0 radical (unpaired) electrons. The van der Waals surface area contributed by atoms with Gasteiger partial charge < -0.3 is 14.8 Å². The van der Waals surface area contributed by atoms with Crippen LogP contribution in [0.4, 0.5) is 11.4 Å². The number of hydrogen-bond acceptors (Lipinski definition) is 6. The third kappa shape index (κ3) is 4.83. The number of nitro groups is 1. The van der Waals surface area contributed by atoms with Crippen molar-refractivity contribution in [1.29, 1.82) is 5.26 Å². The summed E-state index contributed by atoms with van der Waals surface area (Å²) in [6.07, 6.45) is 1.36. The Morgan fingerprint density at radius 2 is 1.89 bits per heavy atom. The Morgan fingerprint density at radius 1 is 1.22 bits per heavy atom. The van der Waals surface area contributed by atoms with Crippen molar-refractivity contribution in [2.24, 2.45) is 0 Å². The molecule has 0 saturated carbocycles. The number of carbonyl (C=O) groups excluding carboxylic acids is 1. The number of ether oxygens (including phenoxy) is 2. The van der Waals surface area contributed by atoms with E-state index in [4.69, 9.17) is 9.47 Å². The van der Waals surface area contributed by atoms with Crippen LogP contribution in [0, 0.1) is 21.4 Å². The van der Waals surface area contributed by atoms with Gasteiger partial charge in [-0.15, -0.1) is 0 Å². The zero-order chi connectivity index (χ0) is 20.0. The van der Waals surface area contributed by atoms with Crippen LogP contribution in [-0.4, -0.2) is 25.1 Å². The third-order valence-electron chi connectivity index (χ3n) is 3.50. The van der Waals surface area contributed by atoms with Gasteiger partial charge in [-0.05, 0) is 30.3 Å². The SMILES string of the molecule is COc1ccc(Br)cc1/C=C(\C#N)C(=O)Nc1cc([N+](=O)[O-])ccc1OC. The van der Waals surface area contributed by atoms with Crippen LogP contribution in [-0.2, 0) is 4.79 Å². The van der Waals surface area contributed by atoms with Crippen molar-refractivity contribution in [2.75, 3.05) is 19.5 Å². The van der Waals surface area contributed by atoms with Gasteiger partial charge >= 0.3 is 0 Å². The number of nitriles is 1. The molecule has 0 aliphatic heterocycles. The zero-order valence-corrected chi connectivity index (χ0v) is 15.9. The van der Waals surface area contributed by atoms with Gasteiger partial charge in [-0.25, -0.2) is 0 Å². The molecule has 0 unspecified atom stereocenters. The molecular formula is C18H14BrN3O5. The summed E-state index contributed by atoms with van der Waals surface area (Å²) in [5.41, 5.74) is 0.172. The van der Waals surface area contributed by atoms with Gasteiger partial charge in [-0.1, -0.05) is 15.9 Å². The number of carbonyl (C=O) groups is 1. The number of nitrogens with zero attached hydrogens (tertiary/aromatic N) is 2. The van der Waals surface area contributed by atoms with E-state index in [1.165, 1.54) is 32.4 Å². The van der Waals surface area contributed by atoms with E-state index in [9.17, 15) is 20.2 Å². The molecule has 0 saturated heterocycles. The molecule has 0 bridgehead atoms. The van der Waals surface area contributed by atoms with E-state index in [1.54, 1.807) is 18.2 Å². The largest absolute Gasteiger partial charge is 0.496 e. The lowest BCUT2D eigenvalue weighted by Crippen LogP contribution is -2.14. The predicted octanol–water partition coefficient (Wildman–Crippen LogP) is 3.92. The summed E-state index contributed by atoms with van der Waals surface area (Å²) < 4.78 is 11.1. The van der Waals surface area contributed by atoms with Crippen molar-refractivity contribution in [3.05, 3.63) is 62.1 Å². The Bertz CT molecular complexity index is 966. The number of rotatable bonds is 6. The monoisotopic (exact) mass is 431 g/mol. The molecule has 2 aromatic carbocycles. The first-order valence-electron chi connectivity index (χ1n) is 7.48. The van der Waals surface area contributed by atoms with Crippen molar-refractivity contribution in [2.45, 2.75) is 0 Å². The number of nitro benzene ring substituents is 1. The van der Waals surface area contributed by atoms with Gasteiger partial charge in [-0.3, -0.25) is 14.9 Å². The van der Waals surface area contributed by atoms with Gasteiger partial charge in [0.2, 0.25) is 0 Å². The van der Waals surface area contributed by atoms with Crippen LogP contribution in [0.2, 0.25) is 0 Å². The summed E-state index contributed by atoms with van der Waals surface area (Å²) in [7, 11) is 2.84. The minimum atomic E-state index is -0.738.